The van der Waals surface area contributed by atoms with E-state index in [0.717, 1.165) is 31.5 Å². The van der Waals surface area contributed by atoms with Crippen molar-refractivity contribution < 1.29 is 4.79 Å². The first-order valence-electron chi connectivity index (χ1n) is 6.77. The van der Waals surface area contributed by atoms with Crippen LogP contribution in [0.4, 0.5) is 5.69 Å². The van der Waals surface area contributed by atoms with Crippen LogP contribution in [0.5, 0.6) is 0 Å². The van der Waals surface area contributed by atoms with Gasteiger partial charge in [-0.05, 0) is 37.8 Å². The molecule has 1 atom stereocenters. The van der Waals surface area contributed by atoms with Crippen molar-refractivity contribution >= 4 is 11.6 Å². The summed E-state index contributed by atoms with van der Waals surface area (Å²) in [5.41, 5.74) is 8.24. The lowest BCUT2D eigenvalue weighted by atomic mass is 9.95. The van der Waals surface area contributed by atoms with Gasteiger partial charge in [-0.15, -0.1) is 0 Å². The molecule has 1 aromatic carbocycles. The molecule has 3 heteroatoms. The molecule has 98 valence electrons. The maximum Gasteiger partial charge on any atom is 0.255 e. The quantitative estimate of drug-likeness (QED) is 0.816. The van der Waals surface area contributed by atoms with Crippen LogP contribution in [0, 0.1) is 12.8 Å². The lowest BCUT2D eigenvalue weighted by Gasteiger charge is -2.32. The number of anilines is 1. The molecule has 1 saturated heterocycles. The number of aryl methyl sites for hydroxylation is 1. The van der Waals surface area contributed by atoms with E-state index >= 15 is 0 Å². The van der Waals surface area contributed by atoms with Gasteiger partial charge in [0.15, 0.2) is 0 Å². The van der Waals surface area contributed by atoms with Crippen LogP contribution in [0.2, 0.25) is 0 Å². The van der Waals surface area contributed by atoms with Crippen LogP contribution < -0.4 is 5.73 Å². The highest BCUT2D eigenvalue weighted by atomic mass is 16.2. The summed E-state index contributed by atoms with van der Waals surface area (Å²) < 4.78 is 0. The Morgan fingerprint density at radius 2 is 2.28 bits per heavy atom. The minimum Gasteiger partial charge on any atom is -0.398 e. The number of carbonyl (C=O) groups excluding carboxylic acids is 1. The Balaban J connectivity index is 2.17. The standard InChI is InChI=1S/C15H22N2O/c1-3-12-5-4-8-17(10-12)15(18)13-9-11(2)6-7-14(13)16/h6-7,9,12H,3-5,8,10,16H2,1-2H3. The lowest BCUT2D eigenvalue weighted by molar-refractivity contribution is 0.0672. The highest BCUT2D eigenvalue weighted by Crippen LogP contribution is 2.23. The van der Waals surface area contributed by atoms with Crippen molar-refractivity contribution in [2.24, 2.45) is 5.92 Å². The number of rotatable bonds is 2. The van der Waals surface area contributed by atoms with Crippen molar-refractivity contribution in [1.29, 1.82) is 0 Å². The van der Waals surface area contributed by atoms with Gasteiger partial charge in [0, 0.05) is 18.8 Å². The molecule has 0 bridgehead atoms. The second kappa shape index (κ2) is 5.42. The molecule has 18 heavy (non-hydrogen) atoms. The molecule has 1 aliphatic heterocycles. The average molecular weight is 246 g/mol. The Morgan fingerprint density at radius 3 is 3.00 bits per heavy atom. The van der Waals surface area contributed by atoms with Crippen molar-refractivity contribution in [3.05, 3.63) is 29.3 Å². The van der Waals surface area contributed by atoms with E-state index in [0.29, 0.717) is 17.2 Å². The van der Waals surface area contributed by atoms with E-state index in [9.17, 15) is 4.79 Å². The number of piperidine rings is 1. The molecule has 0 aliphatic carbocycles. The molecule has 1 fully saturated rings. The highest BCUT2D eigenvalue weighted by molar-refractivity contribution is 5.99. The molecule has 2 rings (SSSR count). The summed E-state index contributed by atoms with van der Waals surface area (Å²) in [6.45, 7) is 5.92. The minimum absolute atomic E-state index is 0.0920. The molecular weight excluding hydrogens is 224 g/mol. The molecule has 2 N–H and O–H groups in total. The summed E-state index contributed by atoms with van der Waals surface area (Å²) >= 11 is 0. The van der Waals surface area contributed by atoms with Gasteiger partial charge in [0.25, 0.3) is 5.91 Å². The summed E-state index contributed by atoms with van der Waals surface area (Å²) in [5, 5.41) is 0. The Morgan fingerprint density at radius 1 is 1.50 bits per heavy atom. The van der Waals surface area contributed by atoms with Gasteiger partial charge in [0.1, 0.15) is 0 Å². The van der Waals surface area contributed by atoms with Crippen molar-refractivity contribution in [1.82, 2.24) is 4.90 Å². The third-order valence-corrected chi connectivity index (χ3v) is 3.82. The van der Waals surface area contributed by atoms with E-state index in [2.05, 4.69) is 6.92 Å². The molecule has 0 radical (unpaired) electrons. The molecule has 3 nitrogen and oxygen atoms in total. The number of nitrogen functional groups attached to an aromatic ring is 1. The van der Waals surface area contributed by atoms with Gasteiger partial charge >= 0.3 is 0 Å². The van der Waals surface area contributed by atoms with Gasteiger partial charge in [-0.25, -0.2) is 0 Å². The second-order valence-corrected chi connectivity index (χ2v) is 5.26. The fourth-order valence-electron chi connectivity index (χ4n) is 2.61. The Kier molecular flexibility index (Phi) is 3.90. The number of carbonyl (C=O) groups is 1. The summed E-state index contributed by atoms with van der Waals surface area (Å²) in [6, 6.07) is 5.66. The van der Waals surface area contributed by atoms with Gasteiger partial charge in [-0.3, -0.25) is 4.79 Å². The van der Waals surface area contributed by atoms with Crippen LogP contribution in [-0.4, -0.2) is 23.9 Å². The van der Waals surface area contributed by atoms with Crippen LogP contribution in [-0.2, 0) is 0 Å². The first-order valence-corrected chi connectivity index (χ1v) is 6.77. The summed E-state index contributed by atoms with van der Waals surface area (Å²) in [5.74, 6) is 0.739. The predicted octanol–water partition coefficient (Wildman–Crippen LogP) is 2.84. The summed E-state index contributed by atoms with van der Waals surface area (Å²) in [7, 11) is 0. The molecule has 0 saturated carbocycles. The predicted molar refractivity (Wildman–Crippen MR) is 74.5 cm³/mol. The molecule has 1 heterocycles. The van der Waals surface area contributed by atoms with E-state index in [1.807, 2.05) is 30.0 Å². The maximum absolute atomic E-state index is 12.5. The smallest absolute Gasteiger partial charge is 0.255 e. The number of amides is 1. The second-order valence-electron chi connectivity index (χ2n) is 5.26. The molecular formula is C15H22N2O. The Hall–Kier alpha value is -1.51. The first kappa shape index (κ1) is 12.9. The summed E-state index contributed by atoms with van der Waals surface area (Å²) in [6.07, 6.45) is 3.49. The van der Waals surface area contributed by atoms with Gasteiger partial charge in [-0.2, -0.15) is 0 Å². The third kappa shape index (κ3) is 2.66. The van der Waals surface area contributed by atoms with Crippen molar-refractivity contribution in [3.8, 4) is 0 Å². The minimum atomic E-state index is 0.0920. The van der Waals surface area contributed by atoms with E-state index in [1.165, 1.54) is 6.42 Å². The van der Waals surface area contributed by atoms with Crippen molar-refractivity contribution in [3.63, 3.8) is 0 Å². The fourth-order valence-corrected chi connectivity index (χ4v) is 2.61. The monoisotopic (exact) mass is 246 g/mol. The van der Waals surface area contributed by atoms with Crippen LogP contribution in [0.3, 0.4) is 0 Å². The zero-order valence-electron chi connectivity index (χ0n) is 11.3. The largest absolute Gasteiger partial charge is 0.398 e. The van der Waals surface area contributed by atoms with Crippen LogP contribution in [0.25, 0.3) is 0 Å². The third-order valence-electron chi connectivity index (χ3n) is 3.82. The number of likely N-dealkylation sites (tertiary alicyclic amines) is 1. The molecule has 1 aromatic rings. The van der Waals surface area contributed by atoms with Crippen molar-refractivity contribution in [2.45, 2.75) is 33.1 Å². The topological polar surface area (TPSA) is 46.3 Å². The number of nitrogens with zero attached hydrogens (tertiary/aromatic N) is 1. The molecule has 1 aliphatic rings. The fraction of sp³-hybridized carbons (Fsp3) is 0.533. The van der Waals surface area contributed by atoms with E-state index in [1.54, 1.807) is 0 Å². The van der Waals surface area contributed by atoms with Crippen LogP contribution in [0.1, 0.15) is 42.1 Å². The van der Waals surface area contributed by atoms with Gasteiger partial charge in [-0.1, -0.05) is 25.0 Å². The molecule has 0 aromatic heterocycles. The Labute approximate surface area is 109 Å². The van der Waals surface area contributed by atoms with Crippen molar-refractivity contribution in [2.75, 3.05) is 18.8 Å². The van der Waals surface area contributed by atoms with Gasteiger partial charge in [0.2, 0.25) is 0 Å². The molecule has 0 spiro atoms. The zero-order chi connectivity index (χ0) is 13.1. The summed E-state index contributed by atoms with van der Waals surface area (Å²) in [4.78, 5) is 14.4. The maximum atomic E-state index is 12.5. The number of nitrogens with two attached hydrogens (primary N) is 1. The highest BCUT2D eigenvalue weighted by Gasteiger charge is 2.24. The van der Waals surface area contributed by atoms with Crippen LogP contribution in [0.15, 0.2) is 18.2 Å². The lowest BCUT2D eigenvalue weighted by Crippen LogP contribution is -2.40. The normalized spacial score (nSPS) is 19.9. The van der Waals surface area contributed by atoms with Crippen LogP contribution >= 0.6 is 0 Å². The Bertz CT molecular complexity index is 442. The van der Waals surface area contributed by atoms with Gasteiger partial charge < -0.3 is 10.6 Å². The zero-order valence-corrected chi connectivity index (χ0v) is 11.3. The number of benzene rings is 1. The molecule has 1 unspecified atom stereocenters. The SMILES string of the molecule is CCC1CCCN(C(=O)c2cc(C)ccc2N)C1. The van der Waals surface area contributed by atoms with E-state index in [-0.39, 0.29) is 5.91 Å². The average Bonchev–Trinajstić information content (AvgIpc) is 2.41. The number of hydrogen-bond acceptors (Lipinski definition) is 2. The first-order chi connectivity index (χ1) is 8.61. The van der Waals surface area contributed by atoms with E-state index < -0.39 is 0 Å². The molecule has 1 amide bonds. The van der Waals surface area contributed by atoms with E-state index in [4.69, 9.17) is 5.73 Å². The van der Waals surface area contributed by atoms with Gasteiger partial charge in [0.05, 0.1) is 5.56 Å². The number of hydrogen-bond donors (Lipinski definition) is 1.